The number of benzene rings is 1. The van der Waals surface area contributed by atoms with Crippen LogP contribution >= 0.6 is 0 Å². The molecule has 0 saturated carbocycles. The maximum Gasteiger partial charge on any atom is 0.126 e. The van der Waals surface area contributed by atoms with Crippen molar-refractivity contribution in [2.75, 3.05) is 13.7 Å². The Balaban J connectivity index is 2.95. The zero-order valence-electron chi connectivity index (χ0n) is 7.84. The van der Waals surface area contributed by atoms with Gasteiger partial charge in [-0.1, -0.05) is 12.1 Å². The first-order valence-electron chi connectivity index (χ1n) is 4.23. The number of hydrogen-bond donors (Lipinski definition) is 2. The summed E-state index contributed by atoms with van der Waals surface area (Å²) in [5.41, 5.74) is 1.51. The lowest BCUT2D eigenvalue weighted by molar-refractivity contribution is 0.251. The molecule has 0 spiro atoms. The molecule has 3 heteroatoms. The fraction of sp³-hybridized carbons (Fsp3) is 0.400. The molecule has 0 saturated heterocycles. The van der Waals surface area contributed by atoms with Gasteiger partial charge in [-0.15, -0.1) is 0 Å². The maximum atomic E-state index is 12.9. The second-order valence-electron chi connectivity index (χ2n) is 3.03. The molecule has 72 valence electrons. The summed E-state index contributed by atoms with van der Waals surface area (Å²) in [6, 6.07) is 4.73. The molecule has 1 aromatic carbocycles. The minimum absolute atomic E-state index is 0.0154. The predicted octanol–water partition coefficient (Wildman–Crippen LogP) is 1.39. The molecule has 0 aliphatic carbocycles. The lowest BCUT2D eigenvalue weighted by Crippen LogP contribution is -2.20. The van der Waals surface area contributed by atoms with Gasteiger partial charge in [0, 0.05) is 0 Å². The van der Waals surface area contributed by atoms with E-state index in [1.165, 1.54) is 6.07 Å². The van der Waals surface area contributed by atoms with Gasteiger partial charge in [0.1, 0.15) is 5.82 Å². The van der Waals surface area contributed by atoms with Crippen molar-refractivity contribution < 1.29 is 9.50 Å². The normalized spacial score (nSPS) is 12.9. The van der Waals surface area contributed by atoms with Crippen molar-refractivity contribution in [3.63, 3.8) is 0 Å². The Morgan fingerprint density at radius 3 is 2.69 bits per heavy atom. The van der Waals surface area contributed by atoms with Gasteiger partial charge in [-0.25, -0.2) is 4.39 Å². The van der Waals surface area contributed by atoms with E-state index in [1.54, 1.807) is 26.1 Å². The van der Waals surface area contributed by atoms with Gasteiger partial charge >= 0.3 is 0 Å². The third-order valence-corrected chi connectivity index (χ3v) is 2.12. The number of rotatable bonds is 3. The Labute approximate surface area is 77.4 Å². The van der Waals surface area contributed by atoms with E-state index in [9.17, 15) is 4.39 Å². The molecule has 0 unspecified atom stereocenters. The Bertz CT molecular complexity index is 284. The van der Waals surface area contributed by atoms with Gasteiger partial charge in [0.2, 0.25) is 0 Å². The molecule has 0 aliphatic heterocycles. The molecule has 0 amide bonds. The van der Waals surface area contributed by atoms with Crippen molar-refractivity contribution >= 4 is 0 Å². The average molecular weight is 183 g/mol. The molecular formula is C10H14FNO. The van der Waals surface area contributed by atoms with Crippen molar-refractivity contribution in [1.82, 2.24) is 5.32 Å². The van der Waals surface area contributed by atoms with Gasteiger partial charge < -0.3 is 10.4 Å². The summed E-state index contributed by atoms with van der Waals surface area (Å²) in [5, 5.41) is 11.9. The number of halogens is 1. The Morgan fingerprint density at radius 2 is 2.23 bits per heavy atom. The van der Waals surface area contributed by atoms with E-state index in [0.29, 0.717) is 5.56 Å². The summed E-state index contributed by atoms with van der Waals surface area (Å²) in [7, 11) is 1.76. The first kappa shape index (κ1) is 10.2. The second kappa shape index (κ2) is 4.35. The zero-order valence-corrected chi connectivity index (χ0v) is 7.84. The highest BCUT2D eigenvalue weighted by Crippen LogP contribution is 2.15. The van der Waals surface area contributed by atoms with Crippen molar-refractivity contribution in [2.24, 2.45) is 0 Å². The molecule has 0 aromatic heterocycles. The van der Waals surface area contributed by atoms with Gasteiger partial charge in [-0.3, -0.25) is 0 Å². The van der Waals surface area contributed by atoms with E-state index >= 15 is 0 Å². The van der Waals surface area contributed by atoms with Crippen molar-refractivity contribution in [1.29, 1.82) is 0 Å². The molecule has 1 atom stereocenters. The molecule has 1 aromatic rings. The highest BCUT2D eigenvalue weighted by atomic mass is 19.1. The van der Waals surface area contributed by atoms with E-state index in [0.717, 1.165) is 5.56 Å². The topological polar surface area (TPSA) is 32.3 Å². The van der Waals surface area contributed by atoms with Crippen LogP contribution in [0.3, 0.4) is 0 Å². The first-order valence-corrected chi connectivity index (χ1v) is 4.23. The minimum Gasteiger partial charge on any atom is -0.394 e. The van der Waals surface area contributed by atoms with Crippen LogP contribution in [0.1, 0.15) is 17.2 Å². The summed E-state index contributed by atoms with van der Waals surface area (Å²) in [6.45, 7) is 1.73. The number of hydrogen-bond acceptors (Lipinski definition) is 2. The zero-order chi connectivity index (χ0) is 9.84. The van der Waals surface area contributed by atoms with Gasteiger partial charge in [0.25, 0.3) is 0 Å². The fourth-order valence-electron chi connectivity index (χ4n) is 1.25. The van der Waals surface area contributed by atoms with Gasteiger partial charge in [-0.05, 0) is 31.2 Å². The predicted molar refractivity (Wildman–Crippen MR) is 50.0 cm³/mol. The third-order valence-electron chi connectivity index (χ3n) is 2.12. The molecule has 0 aliphatic rings. The Morgan fingerprint density at radius 1 is 1.54 bits per heavy atom. The van der Waals surface area contributed by atoms with Gasteiger partial charge in [0.05, 0.1) is 12.6 Å². The van der Waals surface area contributed by atoms with E-state index in [2.05, 4.69) is 5.32 Å². The maximum absolute atomic E-state index is 12.9. The van der Waals surface area contributed by atoms with Crippen molar-refractivity contribution in [3.05, 3.63) is 35.1 Å². The van der Waals surface area contributed by atoms with Crippen LogP contribution in [-0.4, -0.2) is 18.8 Å². The highest BCUT2D eigenvalue weighted by molar-refractivity contribution is 5.26. The molecule has 2 nitrogen and oxygen atoms in total. The van der Waals surface area contributed by atoms with Crippen LogP contribution in [0.5, 0.6) is 0 Å². The minimum atomic E-state index is -0.212. The van der Waals surface area contributed by atoms with Gasteiger partial charge in [-0.2, -0.15) is 0 Å². The summed E-state index contributed by atoms with van der Waals surface area (Å²) < 4.78 is 12.9. The van der Waals surface area contributed by atoms with Gasteiger partial charge in [0.15, 0.2) is 0 Å². The summed E-state index contributed by atoms with van der Waals surface area (Å²) >= 11 is 0. The summed E-state index contributed by atoms with van der Waals surface area (Å²) in [5.74, 6) is -0.212. The van der Waals surface area contributed by atoms with E-state index in [-0.39, 0.29) is 18.5 Å². The molecule has 0 radical (unpaired) electrons. The van der Waals surface area contributed by atoms with Crippen LogP contribution in [0.15, 0.2) is 18.2 Å². The van der Waals surface area contributed by atoms with E-state index < -0.39 is 0 Å². The molecule has 13 heavy (non-hydrogen) atoms. The van der Waals surface area contributed by atoms with Crippen LogP contribution in [0, 0.1) is 12.7 Å². The standard InChI is InChI=1S/C10H14FNO/c1-7-5-8(3-4-9(7)11)10(6-13)12-2/h3-5,10,12-13H,6H2,1-2H3/t10-/m1/s1. The first-order chi connectivity index (χ1) is 6.19. The number of nitrogens with one attached hydrogen (secondary N) is 1. The molecule has 0 fully saturated rings. The van der Waals surface area contributed by atoms with Crippen molar-refractivity contribution in [2.45, 2.75) is 13.0 Å². The number of aryl methyl sites for hydroxylation is 1. The second-order valence-corrected chi connectivity index (χ2v) is 3.03. The molecular weight excluding hydrogens is 169 g/mol. The molecule has 1 rings (SSSR count). The molecule has 0 heterocycles. The van der Waals surface area contributed by atoms with Crippen molar-refractivity contribution in [3.8, 4) is 0 Å². The van der Waals surface area contributed by atoms with E-state index in [4.69, 9.17) is 5.11 Å². The Hall–Kier alpha value is -0.930. The third kappa shape index (κ3) is 2.26. The summed E-state index contributed by atoms with van der Waals surface area (Å²) in [4.78, 5) is 0. The molecule has 0 bridgehead atoms. The summed E-state index contributed by atoms with van der Waals surface area (Å²) in [6.07, 6.45) is 0. The Kier molecular flexibility index (Phi) is 3.39. The average Bonchev–Trinajstić information content (AvgIpc) is 2.13. The smallest absolute Gasteiger partial charge is 0.126 e. The van der Waals surface area contributed by atoms with Crippen LogP contribution < -0.4 is 5.32 Å². The monoisotopic (exact) mass is 183 g/mol. The SMILES string of the molecule is CN[C@H](CO)c1ccc(F)c(C)c1. The van der Waals surface area contributed by atoms with Crippen LogP contribution in [0.4, 0.5) is 4.39 Å². The quantitative estimate of drug-likeness (QED) is 0.742. The lowest BCUT2D eigenvalue weighted by atomic mass is 10.1. The van der Waals surface area contributed by atoms with Crippen LogP contribution in [-0.2, 0) is 0 Å². The number of aliphatic hydroxyl groups excluding tert-OH is 1. The number of aliphatic hydroxyl groups is 1. The fourth-order valence-corrected chi connectivity index (χ4v) is 1.25. The molecule has 2 N–H and O–H groups in total. The largest absolute Gasteiger partial charge is 0.394 e. The van der Waals surface area contributed by atoms with Crippen LogP contribution in [0.25, 0.3) is 0 Å². The highest BCUT2D eigenvalue weighted by Gasteiger charge is 2.08. The van der Waals surface area contributed by atoms with E-state index in [1.807, 2.05) is 0 Å². The lowest BCUT2D eigenvalue weighted by Gasteiger charge is -2.13. The number of likely N-dealkylation sites (N-methyl/N-ethyl adjacent to an activating group) is 1. The van der Waals surface area contributed by atoms with Crippen LogP contribution in [0.2, 0.25) is 0 Å².